The van der Waals surface area contributed by atoms with Crippen molar-refractivity contribution in [1.82, 2.24) is 9.55 Å². The summed E-state index contributed by atoms with van der Waals surface area (Å²) < 4.78 is 2.04. The molecule has 0 atom stereocenters. The molecule has 1 aromatic heterocycles. The van der Waals surface area contributed by atoms with Gasteiger partial charge in [-0.25, -0.2) is 4.98 Å². The fraction of sp³-hybridized carbons (Fsp3) is 0.182. The molecule has 2 aromatic rings. The molecule has 4 nitrogen and oxygen atoms in total. The van der Waals surface area contributed by atoms with Crippen molar-refractivity contribution in [3.8, 4) is 11.5 Å². The largest absolute Gasteiger partial charge is 0.504 e. The highest BCUT2D eigenvalue weighted by atomic mass is 16.3. The smallest absolute Gasteiger partial charge is 0.157 e. The predicted octanol–water partition coefficient (Wildman–Crippen LogP) is 1.25. The van der Waals surface area contributed by atoms with Gasteiger partial charge < -0.3 is 14.8 Å². The maximum absolute atomic E-state index is 9.40. The lowest BCUT2D eigenvalue weighted by Crippen LogP contribution is -2.13. The van der Waals surface area contributed by atoms with E-state index >= 15 is 0 Å². The maximum Gasteiger partial charge on any atom is 0.157 e. The van der Waals surface area contributed by atoms with E-state index in [2.05, 4.69) is 4.98 Å². The van der Waals surface area contributed by atoms with E-state index in [1.165, 1.54) is 0 Å². The molecule has 0 saturated heterocycles. The Balaban J connectivity index is 2.13. The van der Waals surface area contributed by atoms with Gasteiger partial charge in [0.25, 0.3) is 0 Å². The van der Waals surface area contributed by atoms with Crippen molar-refractivity contribution in [3.05, 3.63) is 41.5 Å². The number of hydrogen-bond acceptors (Lipinski definition) is 3. The molecule has 0 fully saturated rings. The van der Waals surface area contributed by atoms with Crippen LogP contribution in [0.5, 0.6) is 11.5 Å². The number of nitrogens with zero attached hydrogens (tertiary/aromatic N) is 2. The number of aromatic nitrogens is 2. The van der Waals surface area contributed by atoms with Crippen molar-refractivity contribution in [2.24, 2.45) is 0 Å². The Bertz CT molecular complexity index is 486. The van der Waals surface area contributed by atoms with Gasteiger partial charge in [0.1, 0.15) is 5.82 Å². The van der Waals surface area contributed by atoms with Gasteiger partial charge in [-0.2, -0.15) is 0 Å². The first kappa shape index (κ1) is 8.35. The summed E-state index contributed by atoms with van der Waals surface area (Å²) in [7, 11) is 0. The maximum atomic E-state index is 9.40. The van der Waals surface area contributed by atoms with Gasteiger partial charge in [-0.1, -0.05) is 0 Å². The average molecular weight is 202 g/mol. The second kappa shape index (κ2) is 2.76. The SMILES string of the molecule is Oc1cc2c(cc1O)Cn1ccnc1C2. The van der Waals surface area contributed by atoms with Crippen molar-refractivity contribution < 1.29 is 10.2 Å². The first-order chi connectivity index (χ1) is 7.24. The molecule has 0 aliphatic carbocycles. The van der Waals surface area contributed by atoms with Crippen LogP contribution in [0, 0.1) is 0 Å². The molecule has 0 bridgehead atoms. The Hall–Kier alpha value is -1.97. The minimum atomic E-state index is -0.0613. The summed E-state index contributed by atoms with van der Waals surface area (Å²) in [4.78, 5) is 4.23. The van der Waals surface area contributed by atoms with Crippen LogP contribution in [-0.4, -0.2) is 19.8 Å². The first-order valence-electron chi connectivity index (χ1n) is 4.78. The molecule has 0 saturated carbocycles. The molecule has 0 unspecified atom stereocenters. The molecule has 4 heteroatoms. The summed E-state index contributed by atoms with van der Waals surface area (Å²) in [5.74, 6) is 0.874. The summed E-state index contributed by atoms with van der Waals surface area (Å²) in [6, 6.07) is 3.23. The number of rotatable bonds is 0. The van der Waals surface area contributed by atoms with Crippen LogP contribution in [-0.2, 0) is 13.0 Å². The quantitative estimate of drug-likeness (QED) is 0.539. The third-order valence-electron chi connectivity index (χ3n) is 2.79. The normalized spacial score (nSPS) is 13.3. The molecule has 0 radical (unpaired) electrons. The van der Waals surface area contributed by atoms with Crippen LogP contribution in [0.2, 0.25) is 0 Å². The summed E-state index contributed by atoms with van der Waals surface area (Å²) in [5.41, 5.74) is 2.07. The van der Waals surface area contributed by atoms with E-state index in [0.717, 1.165) is 17.0 Å². The average Bonchev–Trinajstić information content (AvgIpc) is 2.63. The van der Waals surface area contributed by atoms with E-state index in [-0.39, 0.29) is 11.5 Å². The van der Waals surface area contributed by atoms with Crippen molar-refractivity contribution in [1.29, 1.82) is 0 Å². The Kier molecular flexibility index (Phi) is 1.54. The number of imidazole rings is 1. The molecular formula is C11H10N2O2. The standard InChI is InChI=1S/C11H10N2O2/c14-9-3-7-5-11-12-1-2-13(11)6-8(7)4-10(9)15/h1-4,14-15H,5-6H2. The van der Waals surface area contributed by atoms with Gasteiger partial charge in [0, 0.05) is 25.4 Å². The minimum absolute atomic E-state index is 0.0580. The number of phenols is 2. The van der Waals surface area contributed by atoms with Gasteiger partial charge >= 0.3 is 0 Å². The molecule has 2 N–H and O–H groups in total. The van der Waals surface area contributed by atoms with Crippen molar-refractivity contribution in [2.45, 2.75) is 13.0 Å². The van der Waals surface area contributed by atoms with Crippen LogP contribution in [0.25, 0.3) is 0 Å². The van der Waals surface area contributed by atoms with Gasteiger partial charge in [0.15, 0.2) is 11.5 Å². The Labute approximate surface area is 86.4 Å². The van der Waals surface area contributed by atoms with Gasteiger partial charge in [0.05, 0.1) is 0 Å². The fourth-order valence-corrected chi connectivity index (χ4v) is 1.98. The van der Waals surface area contributed by atoms with Crippen molar-refractivity contribution in [3.63, 3.8) is 0 Å². The Morgan fingerprint density at radius 3 is 2.67 bits per heavy atom. The van der Waals surface area contributed by atoms with E-state index in [9.17, 15) is 10.2 Å². The lowest BCUT2D eigenvalue weighted by Gasteiger charge is -2.18. The molecule has 1 aromatic carbocycles. The molecule has 3 rings (SSSR count). The van der Waals surface area contributed by atoms with Gasteiger partial charge in [-0.3, -0.25) is 0 Å². The lowest BCUT2D eigenvalue weighted by molar-refractivity contribution is 0.402. The number of aromatic hydroxyl groups is 2. The highest BCUT2D eigenvalue weighted by Crippen LogP contribution is 2.32. The number of hydrogen-bond donors (Lipinski definition) is 2. The second-order valence-corrected chi connectivity index (χ2v) is 3.76. The molecule has 15 heavy (non-hydrogen) atoms. The summed E-state index contributed by atoms with van der Waals surface area (Å²) in [6.45, 7) is 0.707. The molecular weight excluding hydrogens is 192 g/mol. The van der Waals surface area contributed by atoms with Crippen LogP contribution in [0.3, 0.4) is 0 Å². The molecule has 1 aliphatic heterocycles. The van der Waals surface area contributed by atoms with Crippen LogP contribution in [0.15, 0.2) is 24.5 Å². The molecule has 0 spiro atoms. The van der Waals surface area contributed by atoms with E-state index in [1.807, 2.05) is 10.8 Å². The Morgan fingerprint density at radius 1 is 1.13 bits per heavy atom. The fourth-order valence-electron chi connectivity index (χ4n) is 1.98. The number of fused-ring (bicyclic) bond motifs is 2. The summed E-state index contributed by atoms with van der Waals surface area (Å²) in [6.07, 6.45) is 4.39. The van der Waals surface area contributed by atoms with Crippen molar-refractivity contribution >= 4 is 0 Å². The molecule has 1 aliphatic rings. The highest BCUT2D eigenvalue weighted by Gasteiger charge is 2.17. The summed E-state index contributed by atoms with van der Waals surface area (Å²) >= 11 is 0. The van der Waals surface area contributed by atoms with Crippen molar-refractivity contribution in [2.75, 3.05) is 0 Å². The predicted molar refractivity (Wildman–Crippen MR) is 53.9 cm³/mol. The van der Waals surface area contributed by atoms with E-state index in [1.54, 1.807) is 18.3 Å². The third-order valence-corrected chi connectivity index (χ3v) is 2.79. The number of benzene rings is 1. The van der Waals surface area contributed by atoms with Gasteiger partial charge in [-0.05, 0) is 23.3 Å². The highest BCUT2D eigenvalue weighted by molar-refractivity contribution is 5.47. The van der Waals surface area contributed by atoms with E-state index in [0.29, 0.717) is 13.0 Å². The first-order valence-corrected chi connectivity index (χ1v) is 4.78. The Morgan fingerprint density at radius 2 is 1.87 bits per heavy atom. The zero-order chi connectivity index (χ0) is 10.4. The monoisotopic (exact) mass is 202 g/mol. The molecule has 0 amide bonds. The zero-order valence-electron chi connectivity index (χ0n) is 8.01. The molecule has 76 valence electrons. The topological polar surface area (TPSA) is 58.3 Å². The zero-order valence-corrected chi connectivity index (χ0v) is 8.01. The van der Waals surface area contributed by atoms with Gasteiger partial charge in [0.2, 0.25) is 0 Å². The number of phenolic OH excluding ortho intramolecular Hbond substituents is 2. The van der Waals surface area contributed by atoms with Crippen LogP contribution < -0.4 is 0 Å². The van der Waals surface area contributed by atoms with Crippen LogP contribution in [0.1, 0.15) is 17.0 Å². The minimum Gasteiger partial charge on any atom is -0.504 e. The third kappa shape index (κ3) is 1.18. The van der Waals surface area contributed by atoms with Crippen LogP contribution >= 0.6 is 0 Å². The van der Waals surface area contributed by atoms with Gasteiger partial charge in [-0.15, -0.1) is 0 Å². The molecule has 2 heterocycles. The lowest BCUT2D eigenvalue weighted by atomic mass is 10.00. The van der Waals surface area contributed by atoms with E-state index in [4.69, 9.17) is 0 Å². The second-order valence-electron chi connectivity index (χ2n) is 3.76. The summed E-state index contributed by atoms with van der Waals surface area (Å²) in [5, 5.41) is 18.8. The van der Waals surface area contributed by atoms with Crippen LogP contribution in [0.4, 0.5) is 0 Å². The van der Waals surface area contributed by atoms with E-state index < -0.39 is 0 Å².